The lowest BCUT2D eigenvalue weighted by atomic mass is 10.2. The van der Waals surface area contributed by atoms with Gasteiger partial charge in [0.05, 0.1) is 16.6 Å². The van der Waals surface area contributed by atoms with Crippen LogP contribution >= 0.6 is 11.6 Å². The van der Waals surface area contributed by atoms with E-state index in [-0.39, 0.29) is 10.7 Å². The maximum atomic E-state index is 13.1. The molecule has 0 radical (unpaired) electrons. The SMILES string of the molecule is O=C([O-])c1cc(Cl)ccc1NS(=O)(=O)c1ccc(F)c(F)c1. The van der Waals surface area contributed by atoms with Gasteiger partial charge >= 0.3 is 0 Å². The van der Waals surface area contributed by atoms with Gasteiger partial charge in [-0.2, -0.15) is 0 Å². The van der Waals surface area contributed by atoms with Gasteiger partial charge in [0.25, 0.3) is 10.0 Å². The van der Waals surface area contributed by atoms with Gasteiger partial charge in [-0.15, -0.1) is 0 Å². The summed E-state index contributed by atoms with van der Waals surface area (Å²) in [7, 11) is -4.31. The number of hydrogen-bond acceptors (Lipinski definition) is 4. The Hall–Kier alpha value is -2.19. The number of rotatable bonds is 4. The van der Waals surface area contributed by atoms with E-state index in [4.69, 9.17) is 11.6 Å². The average Bonchev–Trinajstić information content (AvgIpc) is 2.43. The van der Waals surface area contributed by atoms with Gasteiger partial charge in [0.15, 0.2) is 11.6 Å². The van der Waals surface area contributed by atoms with E-state index in [0.717, 1.165) is 18.2 Å². The Kier molecular flexibility index (Phi) is 4.34. The third kappa shape index (κ3) is 3.34. The van der Waals surface area contributed by atoms with E-state index in [9.17, 15) is 27.1 Å². The number of benzene rings is 2. The fourth-order valence-electron chi connectivity index (χ4n) is 1.62. The molecule has 0 aromatic heterocycles. The minimum Gasteiger partial charge on any atom is -0.545 e. The molecule has 0 saturated carbocycles. The van der Waals surface area contributed by atoms with E-state index < -0.39 is 38.1 Å². The number of carbonyl (C=O) groups is 1. The normalized spacial score (nSPS) is 11.2. The lowest BCUT2D eigenvalue weighted by Crippen LogP contribution is -2.25. The van der Waals surface area contributed by atoms with Gasteiger partial charge in [0.1, 0.15) is 0 Å². The van der Waals surface area contributed by atoms with Gasteiger partial charge in [-0.25, -0.2) is 17.2 Å². The number of aromatic carboxylic acids is 1. The van der Waals surface area contributed by atoms with Crippen molar-refractivity contribution in [1.82, 2.24) is 0 Å². The number of carbonyl (C=O) groups excluding carboxylic acids is 1. The van der Waals surface area contributed by atoms with E-state index in [1.807, 2.05) is 4.72 Å². The highest BCUT2D eigenvalue weighted by Gasteiger charge is 2.18. The highest BCUT2D eigenvalue weighted by molar-refractivity contribution is 7.92. The monoisotopic (exact) mass is 346 g/mol. The lowest BCUT2D eigenvalue weighted by molar-refractivity contribution is -0.254. The van der Waals surface area contributed by atoms with E-state index >= 15 is 0 Å². The molecule has 0 aliphatic heterocycles. The zero-order chi connectivity index (χ0) is 16.5. The van der Waals surface area contributed by atoms with Crippen LogP contribution in [0, 0.1) is 11.6 Å². The van der Waals surface area contributed by atoms with Gasteiger partial charge in [0.2, 0.25) is 0 Å². The molecule has 1 N–H and O–H groups in total. The number of carboxylic acid groups (broad SMARTS) is 1. The van der Waals surface area contributed by atoms with Gasteiger partial charge in [-0.3, -0.25) is 4.72 Å². The van der Waals surface area contributed by atoms with E-state index in [0.29, 0.717) is 12.1 Å². The molecule has 22 heavy (non-hydrogen) atoms. The van der Waals surface area contributed by atoms with Crippen LogP contribution in [-0.2, 0) is 10.0 Å². The van der Waals surface area contributed by atoms with E-state index in [1.54, 1.807) is 0 Å². The fourth-order valence-corrected chi connectivity index (χ4v) is 2.89. The van der Waals surface area contributed by atoms with Crippen molar-refractivity contribution in [2.75, 3.05) is 4.72 Å². The third-order valence-electron chi connectivity index (χ3n) is 2.65. The molecule has 0 saturated heterocycles. The Morgan fingerprint density at radius 2 is 1.77 bits per heavy atom. The number of carboxylic acids is 1. The maximum absolute atomic E-state index is 13.1. The molecular weight excluding hydrogens is 340 g/mol. The largest absolute Gasteiger partial charge is 0.545 e. The summed E-state index contributed by atoms with van der Waals surface area (Å²) in [5.41, 5.74) is -0.798. The van der Waals surface area contributed by atoms with Crippen LogP contribution in [0.4, 0.5) is 14.5 Å². The average molecular weight is 347 g/mol. The standard InChI is InChI=1S/C13H8ClF2NO4S/c14-7-1-4-12(9(5-7)13(18)19)17-22(20,21)8-2-3-10(15)11(16)6-8/h1-6,17H,(H,18,19)/p-1. The molecule has 2 rings (SSSR count). The van der Waals surface area contributed by atoms with Crippen LogP contribution in [0.5, 0.6) is 0 Å². The Bertz CT molecular complexity index is 855. The number of hydrogen-bond donors (Lipinski definition) is 1. The summed E-state index contributed by atoms with van der Waals surface area (Å²) in [5, 5.41) is 11.0. The molecule has 2 aromatic rings. The Morgan fingerprint density at radius 3 is 2.36 bits per heavy atom. The smallest absolute Gasteiger partial charge is 0.262 e. The fraction of sp³-hybridized carbons (Fsp3) is 0. The van der Waals surface area contributed by atoms with E-state index in [2.05, 4.69) is 0 Å². The van der Waals surface area contributed by atoms with E-state index in [1.165, 1.54) is 6.07 Å². The molecule has 116 valence electrons. The van der Waals surface area contributed by atoms with Crippen molar-refractivity contribution < 1.29 is 27.1 Å². The number of sulfonamides is 1. The Morgan fingerprint density at radius 1 is 1.09 bits per heavy atom. The van der Waals surface area contributed by atoms with Crippen LogP contribution in [0.15, 0.2) is 41.3 Å². The van der Waals surface area contributed by atoms with Gasteiger partial charge < -0.3 is 9.90 Å². The van der Waals surface area contributed by atoms with Crippen LogP contribution in [0.25, 0.3) is 0 Å². The van der Waals surface area contributed by atoms with Crippen molar-refractivity contribution in [3.8, 4) is 0 Å². The molecule has 0 unspecified atom stereocenters. The lowest BCUT2D eigenvalue weighted by Gasteiger charge is -2.13. The third-order valence-corrected chi connectivity index (χ3v) is 4.25. The minimum atomic E-state index is -4.31. The van der Waals surface area contributed by atoms with Gasteiger partial charge in [0, 0.05) is 10.6 Å². The summed E-state index contributed by atoms with van der Waals surface area (Å²) in [4.78, 5) is 10.4. The summed E-state index contributed by atoms with van der Waals surface area (Å²) in [6.07, 6.45) is 0. The molecule has 0 amide bonds. The molecule has 0 bridgehead atoms. The molecule has 0 aliphatic carbocycles. The molecule has 0 spiro atoms. The Labute approximate surface area is 129 Å². The van der Waals surface area contributed by atoms with Gasteiger partial charge in [-0.05, 0) is 36.4 Å². The zero-order valence-electron chi connectivity index (χ0n) is 10.6. The molecule has 0 fully saturated rings. The van der Waals surface area contributed by atoms with Crippen LogP contribution in [0.1, 0.15) is 10.4 Å². The second-order valence-electron chi connectivity index (χ2n) is 4.16. The van der Waals surface area contributed by atoms with Crippen molar-refractivity contribution in [2.45, 2.75) is 4.90 Å². The summed E-state index contributed by atoms with van der Waals surface area (Å²) in [5.74, 6) is -4.20. The molecule has 2 aromatic carbocycles. The maximum Gasteiger partial charge on any atom is 0.262 e. The molecule has 0 aliphatic rings. The molecule has 0 heterocycles. The van der Waals surface area contributed by atoms with Crippen molar-refractivity contribution >= 4 is 33.3 Å². The van der Waals surface area contributed by atoms with Gasteiger partial charge in [-0.1, -0.05) is 11.6 Å². The van der Waals surface area contributed by atoms with Crippen LogP contribution in [-0.4, -0.2) is 14.4 Å². The predicted molar refractivity (Wildman–Crippen MR) is 72.9 cm³/mol. The van der Waals surface area contributed by atoms with Crippen LogP contribution < -0.4 is 9.83 Å². The number of nitrogens with one attached hydrogen (secondary N) is 1. The Balaban J connectivity index is 2.45. The molecule has 5 nitrogen and oxygen atoms in total. The second kappa shape index (κ2) is 5.90. The highest BCUT2D eigenvalue weighted by Crippen LogP contribution is 2.24. The quantitative estimate of drug-likeness (QED) is 0.914. The van der Waals surface area contributed by atoms with Crippen molar-refractivity contribution in [2.24, 2.45) is 0 Å². The van der Waals surface area contributed by atoms with Crippen molar-refractivity contribution in [1.29, 1.82) is 0 Å². The summed E-state index contributed by atoms with van der Waals surface area (Å²) in [6, 6.07) is 5.34. The first kappa shape index (κ1) is 16.2. The summed E-state index contributed by atoms with van der Waals surface area (Å²) >= 11 is 5.63. The molecular formula is C13H7ClF2NO4S-. The zero-order valence-corrected chi connectivity index (χ0v) is 12.2. The van der Waals surface area contributed by atoms with Crippen LogP contribution in [0.2, 0.25) is 5.02 Å². The molecule has 0 atom stereocenters. The topological polar surface area (TPSA) is 86.3 Å². The highest BCUT2D eigenvalue weighted by atomic mass is 35.5. The number of halogens is 3. The number of anilines is 1. The first-order chi connectivity index (χ1) is 10.2. The van der Waals surface area contributed by atoms with Crippen LogP contribution in [0.3, 0.4) is 0 Å². The first-order valence-electron chi connectivity index (χ1n) is 5.69. The summed E-state index contributed by atoms with van der Waals surface area (Å²) in [6.45, 7) is 0. The minimum absolute atomic E-state index is 0.0648. The predicted octanol–water partition coefficient (Wildman–Crippen LogP) is 1.78. The van der Waals surface area contributed by atoms with Crippen molar-refractivity contribution in [3.63, 3.8) is 0 Å². The van der Waals surface area contributed by atoms with Crippen molar-refractivity contribution in [3.05, 3.63) is 58.6 Å². The summed E-state index contributed by atoms with van der Waals surface area (Å²) < 4.78 is 52.1. The first-order valence-corrected chi connectivity index (χ1v) is 7.55. The second-order valence-corrected chi connectivity index (χ2v) is 6.28. The molecule has 9 heteroatoms.